The number of aldehydes is 1. The fraction of sp³-hybridized carbons (Fsp3) is 0.261. The summed E-state index contributed by atoms with van der Waals surface area (Å²) in [6, 6.07) is 10.3. The number of halogens is 3. The molecule has 0 bridgehead atoms. The lowest BCUT2D eigenvalue weighted by Crippen LogP contribution is -2.26. The quantitative estimate of drug-likeness (QED) is 0.545. The van der Waals surface area contributed by atoms with Gasteiger partial charge in [0.05, 0.1) is 22.8 Å². The van der Waals surface area contributed by atoms with E-state index in [0.717, 1.165) is 12.7 Å². The van der Waals surface area contributed by atoms with Gasteiger partial charge in [0, 0.05) is 38.8 Å². The Hall–Kier alpha value is -3.86. The Morgan fingerprint density at radius 1 is 1.12 bits per heavy atom. The predicted octanol–water partition coefficient (Wildman–Crippen LogP) is 3.79. The normalized spacial score (nSPS) is 15.4. The average Bonchev–Trinajstić information content (AvgIpc) is 3.28. The lowest BCUT2D eigenvalue weighted by Gasteiger charge is -2.22. The topological polar surface area (TPSA) is 105 Å². The number of rotatable bonds is 6. The van der Waals surface area contributed by atoms with E-state index in [1.54, 1.807) is 18.5 Å². The molecular formula is C23H21F3N4O4. The molecule has 0 spiro atoms. The molecule has 1 atom stereocenters. The number of aliphatic hydroxyl groups excluding tert-OH is 1. The van der Waals surface area contributed by atoms with Crippen molar-refractivity contribution < 1.29 is 32.6 Å². The zero-order valence-electron chi connectivity index (χ0n) is 18.1. The van der Waals surface area contributed by atoms with Crippen molar-refractivity contribution in [1.82, 2.24) is 15.0 Å². The molecule has 0 fully saturated rings. The van der Waals surface area contributed by atoms with Gasteiger partial charge in [0.15, 0.2) is 0 Å². The number of ether oxygens (including phenoxy) is 1. The van der Waals surface area contributed by atoms with Crippen molar-refractivity contribution in [3.05, 3.63) is 66.0 Å². The molecule has 8 nitrogen and oxygen atoms in total. The standard InChI is InChI=1S/C22H17F3N4O3.CH4O/c23-22(24,25)32-16-6-3-14(4-7-16)18-13-20(29(28-18)21(31)2-1-11-30)15-5-8-17-19(12-15)27-10-9-26-17;1-2/h3-12,20H,1-2,13H2;2H,1H3. The molecule has 2 heterocycles. The molecule has 4 rings (SSSR count). The molecule has 0 saturated carbocycles. The minimum absolute atomic E-state index is 0.00251. The summed E-state index contributed by atoms with van der Waals surface area (Å²) in [6.07, 6.45) is -0.544. The second kappa shape index (κ2) is 10.8. The molecule has 2 aromatic carbocycles. The molecule has 34 heavy (non-hydrogen) atoms. The van der Waals surface area contributed by atoms with E-state index in [0.29, 0.717) is 35.0 Å². The van der Waals surface area contributed by atoms with E-state index < -0.39 is 12.4 Å². The Bertz CT molecular complexity index is 1180. The van der Waals surface area contributed by atoms with Gasteiger partial charge in [0.1, 0.15) is 12.0 Å². The van der Waals surface area contributed by atoms with Gasteiger partial charge in [-0.25, -0.2) is 5.01 Å². The number of hydrogen-bond donors (Lipinski definition) is 1. The number of amides is 1. The van der Waals surface area contributed by atoms with Crippen molar-refractivity contribution in [2.24, 2.45) is 5.10 Å². The number of nitrogens with zero attached hydrogens (tertiary/aromatic N) is 4. The van der Waals surface area contributed by atoms with E-state index >= 15 is 0 Å². The van der Waals surface area contributed by atoms with Crippen LogP contribution in [0, 0.1) is 0 Å². The highest BCUT2D eigenvalue weighted by Crippen LogP contribution is 2.35. The first kappa shape index (κ1) is 24.8. The van der Waals surface area contributed by atoms with E-state index in [1.165, 1.54) is 29.3 Å². The van der Waals surface area contributed by atoms with Crippen molar-refractivity contribution in [2.45, 2.75) is 31.7 Å². The van der Waals surface area contributed by atoms with Gasteiger partial charge in [-0.05, 0) is 47.5 Å². The van der Waals surface area contributed by atoms with Crippen molar-refractivity contribution in [3.63, 3.8) is 0 Å². The first-order valence-electron chi connectivity index (χ1n) is 10.2. The van der Waals surface area contributed by atoms with Gasteiger partial charge < -0.3 is 14.6 Å². The number of benzene rings is 2. The second-order valence-electron chi connectivity index (χ2n) is 7.09. The van der Waals surface area contributed by atoms with Crippen LogP contribution < -0.4 is 4.74 Å². The SMILES string of the molecule is CO.O=CCCC(=O)N1N=C(c2ccc(OC(F)(F)F)cc2)CC1c1ccc2nccnc2c1. The van der Waals surface area contributed by atoms with Gasteiger partial charge >= 0.3 is 6.36 Å². The van der Waals surface area contributed by atoms with Crippen LogP contribution in [0.5, 0.6) is 5.75 Å². The molecule has 0 aliphatic carbocycles. The number of hydrazone groups is 1. The minimum atomic E-state index is -4.78. The highest BCUT2D eigenvalue weighted by Gasteiger charge is 2.34. The smallest absolute Gasteiger partial charge is 0.406 e. The van der Waals surface area contributed by atoms with Crippen LogP contribution in [0.15, 0.2) is 60.0 Å². The van der Waals surface area contributed by atoms with Crippen LogP contribution in [0.2, 0.25) is 0 Å². The van der Waals surface area contributed by atoms with Gasteiger partial charge in [0.25, 0.3) is 0 Å². The lowest BCUT2D eigenvalue weighted by atomic mass is 9.97. The summed E-state index contributed by atoms with van der Waals surface area (Å²) in [7, 11) is 1.00. The Labute approximate surface area is 192 Å². The second-order valence-corrected chi connectivity index (χ2v) is 7.09. The molecule has 11 heteroatoms. The average molecular weight is 474 g/mol. The van der Waals surface area contributed by atoms with Crippen LogP contribution in [0.1, 0.15) is 36.4 Å². The van der Waals surface area contributed by atoms with Crippen molar-refractivity contribution >= 4 is 28.9 Å². The number of aromatic nitrogens is 2. The number of carbonyl (C=O) groups is 2. The number of alkyl halides is 3. The predicted molar refractivity (Wildman–Crippen MR) is 117 cm³/mol. The zero-order chi connectivity index (χ0) is 24.7. The van der Waals surface area contributed by atoms with Gasteiger partial charge in [-0.2, -0.15) is 5.10 Å². The molecule has 1 aliphatic heterocycles. The summed E-state index contributed by atoms with van der Waals surface area (Å²) in [5.41, 5.74) is 3.25. The monoisotopic (exact) mass is 474 g/mol. The summed E-state index contributed by atoms with van der Waals surface area (Å²) in [6.45, 7) is 0. The molecule has 1 aromatic heterocycles. The Morgan fingerprint density at radius 3 is 2.44 bits per heavy atom. The largest absolute Gasteiger partial charge is 0.573 e. The third-order valence-corrected chi connectivity index (χ3v) is 4.94. The molecule has 0 radical (unpaired) electrons. The highest BCUT2D eigenvalue weighted by molar-refractivity contribution is 6.03. The molecule has 178 valence electrons. The summed E-state index contributed by atoms with van der Waals surface area (Å²) >= 11 is 0. The number of hydrogen-bond acceptors (Lipinski definition) is 7. The summed E-state index contributed by atoms with van der Waals surface area (Å²) in [5.74, 6) is -0.670. The molecule has 1 amide bonds. The lowest BCUT2D eigenvalue weighted by molar-refractivity contribution is -0.274. The van der Waals surface area contributed by atoms with E-state index in [1.807, 2.05) is 12.1 Å². The van der Waals surface area contributed by atoms with Gasteiger partial charge in [0.2, 0.25) is 5.91 Å². The molecule has 0 saturated heterocycles. The van der Waals surface area contributed by atoms with E-state index in [2.05, 4.69) is 19.8 Å². The Balaban J connectivity index is 0.00000158. The maximum atomic E-state index is 12.7. The van der Waals surface area contributed by atoms with Crippen LogP contribution in [0.3, 0.4) is 0 Å². The van der Waals surface area contributed by atoms with Gasteiger partial charge in [-0.1, -0.05) is 6.07 Å². The number of fused-ring (bicyclic) bond motifs is 1. The summed E-state index contributed by atoms with van der Waals surface area (Å²) in [4.78, 5) is 32.0. The first-order chi connectivity index (χ1) is 16.3. The van der Waals surface area contributed by atoms with E-state index in [-0.39, 0.29) is 24.5 Å². The fourth-order valence-electron chi connectivity index (χ4n) is 3.51. The fourth-order valence-corrected chi connectivity index (χ4v) is 3.51. The molecule has 1 unspecified atom stereocenters. The van der Waals surface area contributed by atoms with Crippen LogP contribution in [0.25, 0.3) is 11.0 Å². The minimum Gasteiger partial charge on any atom is -0.406 e. The maximum Gasteiger partial charge on any atom is 0.573 e. The highest BCUT2D eigenvalue weighted by atomic mass is 19.4. The van der Waals surface area contributed by atoms with E-state index in [4.69, 9.17) is 5.11 Å². The molecular weight excluding hydrogens is 453 g/mol. The van der Waals surface area contributed by atoms with Crippen LogP contribution in [-0.2, 0) is 9.59 Å². The molecule has 1 N–H and O–H groups in total. The molecule has 3 aromatic rings. The van der Waals surface area contributed by atoms with Crippen LogP contribution in [-0.4, -0.2) is 51.5 Å². The van der Waals surface area contributed by atoms with E-state index in [9.17, 15) is 22.8 Å². The summed E-state index contributed by atoms with van der Waals surface area (Å²) < 4.78 is 41.1. The molecule has 1 aliphatic rings. The first-order valence-corrected chi connectivity index (χ1v) is 10.2. The summed E-state index contributed by atoms with van der Waals surface area (Å²) in [5, 5.41) is 12.8. The third kappa shape index (κ3) is 5.93. The number of aliphatic hydroxyl groups is 1. The third-order valence-electron chi connectivity index (χ3n) is 4.94. The Morgan fingerprint density at radius 2 is 1.79 bits per heavy atom. The zero-order valence-corrected chi connectivity index (χ0v) is 18.1. The Kier molecular flexibility index (Phi) is 7.90. The van der Waals surface area contributed by atoms with Crippen molar-refractivity contribution in [3.8, 4) is 5.75 Å². The van der Waals surface area contributed by atoms with Crippen molar-refractivity contribution in [2.75, 3.05) is 7.11 Å². The maximum absolute atomic E-state index is 12.7. The van der Waals surface area contributed by atoms with Crippen LogP contribution >= 0.6 is 0 Å². The number of carbonyl (C=O) groups excluding carboxylic acids is 2. The van der Waals surface area contributed by atoms with Gasteiger partial charge in [-0.3, -0.25) is 14.8 Å². The van der Waals surface area contributed by atoms with Gasteiger partial charge in [-0.15, -0.1) is 13.2 Å². The van der Waals surface area contributed by atoms with Crippen LogP contribution in [0.4, 0.5) is 13.2 Å². The van der Waals surface area contributed by atoms with Crippen molar-refractivity contribution in [1.29, 1.82) is 0 Å².